The van der Waals surface area contributed by atoms with Crippen LogP contribution in [0, 0.1) is 20.8 Å². The molecule has 1 nitrogen and oxygen atoms in total. The number of aromatic nitrogens is 1. The zero-order valence-corrected chi connectivity index (χ0v) is 11.8. The number of rotatable bonds is 2. The molecule has 0 aliphatic carbocycles. The van der Waals surface area contributed by atoms with Crippen LogP contribution in [0.3, 0.4) is 0 Å². The summed E-state index contributed by atoms with van der Waals surface area (Å²) >= 11 is 0. The fourth-order valence-electron chi connectivity index (χ4n) is 2.70. The second kappa shape index (κ2) is 4.58. The van der Waals surface area contributed by atoms with E-state index in [-0.39, 0.29) is 0 Å². The SMILES string of the molecule is Cc1ccc2ccn(Cc3c(C)cccc3C)c2c1. The fourth-order valence-corrected chi connectivity index (χ4v) is 2.70. The first-order valence-electron chi connectivity index (χ1n) is 6.76. The molecule has 1 heterocycles. The van der Waals surface area contributed by atoms with E-state index in [2.05, 4.69) is 74.0 Å². The largest absolute Gasteiger partial charge is 0.343 e. The summed E-state index contributed by atoms with van der Waals surface area (Å²) in [6, 6.07) is 15.4. The number of hydrogen-bond donors (Lipinski definition) is 0. The lowest BCUT2D eigenvalue weighted by molar-refractivity contribution is 0.823. The second-order valence-electron chi connectivity index (χ2n) is 5.38. The van der Waals surface area contributed by atoms with Gasteiger partial charge in [-0.05, 0) is 60.5 Å². The maximum Gasteiger partial charge on any atom is 0.0486 e. The Balaban J connectivity index is 2.08. The summed E-state index contributed by atoms with van der Waals surface area (Å²) in [5, 5.41) is 1.32. The van der Waals surface area contributed by atoms with Gasteiger partial charge in [0, 0.05) is 18.3 Å². The average molecular weight is 249 g/mol. The Hall–Kier alpha value is -2.02. The fraction of sp³-hybridized carbons (Fsp3) is 0.222. The van der Waals surface area contributed by atoms with Gasteiger partial charge in [0.1, 0.15) is 0 Å². The number of benzene rings is 2. The molecular weight excluding hydrogens is 230 g/mol. The van der Waals surface area contributed by atoms with Crippen molar-refractivity contribution in [1.29, 1.82) is 0 Å². The third-order valence-electron chi connectivity index (χ3n) is 3.90. The van der Waals surface area contributed by atoms with Gasteiger partial charge in [0.15, 0.2) is 0 Å². The molecule has 19 heavy (non-hydrogen) atoms. The van der Waals surface area contributed by atoms with Gasteiger partial charge in [0.05, 0.1) is 0 Å². The van der Waals surface area contributed by atoms with E-state index < -0.39 is 0 Å². The molecule has 0 amide bonds. The minimum Gasteiger partial charge on any atom is -0.343 e. The molecule has 0 N–H and O–H groups in total. The predicted octanol–water partition coefficient (Wildman–Crippen LogP) is 4.61. The molecule has 0 aliphatic rings. The predicted molar refractivity (Wildman–Crippen MR) is 81.7 cm³/mol. The topological polar surface area (TPSA) is 4.93 Å². The molecule has 0 saturated heterocycles. The van der Waals surface area contributed by atoms with Crippen molar-refractivity contribution < 1.29 is 0 Å². The van der Waals surface area contributed by atoms with E-state index in [1.165, 1.54) is 33.2 Å². The van der Waals surface area contributed by atoms with Crippen molar-refractivity contribution in [3.05, 3.63) is 70.9 Å². The van der Waals surface area contributed by atoms with Crippen LogP contribution in [-0.4, -0.2) is 4.57 Å². The monoisotopic (exact) mass is 249 g/mol. The van der Waals surface area contributed by atoms with Crippen LogP contribution < -0.4 is 0 Å². The lowest BCUT2D eigenvalue weighted by Gasteiger charge is -2.12. The number of nitrogens with zero attached hydrogens (tertiary/aromatic N) is 1. The Morgan fingerprint density at radius 3 is 2.37 bits per heavy atom. The minimum atomic E-state index is 0.950. The third kappa shape index (κ3) is 2.17. The van der Waals surface area contributed by atoms with Crippen molar-refractivity contribution in [3.8, 4) is 0 Å². The van der Waals surface area contributed by atoms with Gasteiger partial charge in [0.2, 0.25) is 0 Å². The number of fused-ring (bicyclic) bond motifs is 1. The van der Waals surface area contributed by atoms with Crippen molar-refractivity contribution in [2.75, 3.05) is 0 Å². The first-order chi connectivity index (χ1) is 9.15. The van der Waals surface area contributed by atoms with Crippen LogP contribution in [0.1, 0.15) is 22.3 Å². The van der Waals surface area contributed by atoms with E-state index in [1.54, 1.807) is 0 Å². The molecule has 0 unspecified atom stereocenters. The normalized spacial score (nSPS) is 11.1. The highest BCUT2D eigenvalue weighted by molar-refractivity contribution is 5.80. The first kappa shape index (κ1) is 12.0. The number of aryl methyl sites for hydroxylation is 3. The molecule has 1 aromatic heterocycles. The smallest absolute Gasteiger partial charge is 0.0486 e. The second-order valence-corrected chi connectivity index (χ2v) is 5.38. The molecule has 0 aliphatic heterocycles. The average Bonchev–Trinajstić information content (AvgIpc) is 2.76. The molecule has 1 heteroatoms. The summed E-state index contributed by atoms with van der Waals surface area (Å²) in [6.07, 6.45) is 2.19. The molecular formula is C18H19N. The van der Waals surface area contributed by atoms with Gasteiger partial charge in [-0.1, -0.05) is 30.3 Å². The van der Waals surface area contributed by atoms with Gasteiger partial charge >= 0.3 is 0 Å². The zero-order valence-electron chi connectivity index (χ0n) is 11.8. The van der Waals surface area contributed by atoms with Gasteiger partial charge in [-0.25, -0.2) is 0 Å². The highest BCUT2D eigenvalue weighted by Crippen LogP contribution is 2.21. The maximum absolute atomic E-state index is 2.34. The molecule has 96 valence electrons. The Morgan fingerprint density at radius 2 is 1.63 bits per heavy atom. The summed E-state index contributed by atoms with van der Waals surface area (Å²) in [7, 11) is 0. The lowest BCUT2D eigenvalue weighted by atomic mass is 10.0. The molecule has 0 fully saturated rings. The molecule has 0 atom stereocenters. The van der Waals surface area contributed by atoms with Crippen molar-refractivity contribution in [1.82, 2.24) is 4.57 Å². The standard InChI is InChI=1S/C18H19N/c1-13-7-8-16-9-10-19(18(16)11-13)12-17-14(2)5-4-6-15(17)3/h4-11H,12H2,1-3H3. The highest BCUT2D eigenvalue weighted by Gasteiger charge is 2.06. The molecule has 0 spiro atoms. The van der Waals surface area contributed by atoms with Crippen LogP contribution in [-0.2, 0) is 6.54 Å². The Morgan fingerprint density at radius 1 is 0.895 bits per heavy atom. The van der Waals surface area contributed by atoms with Crippen molar-refractivity contribution in [2.24, 2.45) is 0 Å². The molecule has 0 radical (unpaired) electrons. The quantitative estimate of drug-likeness (QED) is 0.625. The van der Waals surface area contributed by atoms with E-state index in [0.29, 0.717) is 0 Å². The summed E-state index contributed by atoms with van der Waals surface area (Å²) in [4.78, 5) is 0. The molecule has 3 aromatic rings. The summed E-state index contributed by atoms with van der Waals surface area (Å²) in [5.74, 6) is 0. The first-order valence-corrected chi connectivity index (χ1v) is 6.76. The summed E-state index contributed by atoms with van der Waals surface area (Å²) in [5.41, 5.74) is 6.81. The van der Waals surface area contributed by atoms with Crippen LogP contribution >= 0.6 is 0 Å². The van der Waals surface area contributed by atoms with Gasteiger partial charge in [0.25, 0.3) is 0 Å². The zero-order chi connectivity index (χ0) is 13.4. The van der Waals surface area contributed by atoms with E-state index >= 15 is 0 Å². The molecule has 2 aromatic carbocycles. The van der Waals surface area contributed by atoms with Crippen LogP contribution in [0.5, 0.6) is 0 Å². The van der Waals surface area contributed by atoms with Gasteiger partial charge < -0.3 is 4.57 Å². The van der Waals surface area contributed by atoms with E-state index in [9.17, 15) is 0 Å². The van der Waals surface area contributed by atoms with Gasteiger partial charge in [-0.2, -0.15) is 0 Å². The molecule has 0 bridgehead atoms. The van der Waals surface area contributed by atoms with Crippen LogP contribution in [0.25, 0.3) is 10.9 Å². The third-order valence-corrected chi connectivity index (χ3v) is 3.90. The summed E-state index contributed by atoms with van der Waals surface area (Å²) in [6.45, 7) is 7.49. The summed E-state index contributed by atoms with van der Waals surface area (Å²) < 4.78 is 2.34. The van der Waals surface area contributed by atoms with Crippen molar-refractivity contribution in [3.63, 3.8) is 0 Å². The molecule has 0 saturated carbocycles. The van der Waals surface area contributed by atoms with Gasteiger partial charge in [-0.15, -0.1) is 0 Å². The lowest BCUT2D eigenvalue weighted by Crippen LogP contribution is -2.02. The van der Waals surface area contributed by atoms with E-state index in [1.807, 2.05) is 0 Å². The van der Waals surface area contributed by atoms with Crippen molar-refractivity contribution in [2.45, 2.75) is 27.3 Å². The van der Waals surface area contributed by atoms with Crippen LogP contribution in [0.2, 0.25) is 0 Å². The number of hydrogen-bond acceptors (Lipinski definition) is 0. The Kier molecular flexibility index (Phi) is 2.90. The van der Waals surface area contributed by atoms with Crippen LogP contribution in [0.4, 0.5) is 0 Å². The minimum absolute atomic E-state index is 0.950. The van der Waals surface area contributed by atoms with Crippen LogP contribution in [0.15, 0.2) is 48.7 Å². The van der Waals surface area contributed by atoms with E-state index in [0.717, 1.165) is 6.54 Å². The van der Waals surface area contributed by atoms with Gasteiger partial charge in [-0.3, -0.25) is 0 Å². The Bertz CT molecular complexity index is 714. The van der Waals surface area contributed by atoms with Crippen molar-refractivity contribution >= 4 is 10.9 Å². The molecule has 3 rings (SSSR count). The maximum atomic E-state index is 2.34. The Labute approximate surface area is 114 Å². The van der Waals surface area contributed by atoms with E-state index in [4.69, 9.17) is 0 Å². The highest BCUT2D eigenvalue weighted by atomic mass is 14.9.